The van der Waals surface area contributed by atoms with Gasteiger partial charge in [-0.3, -0.25) is 9.59 Å². The molecule has 0 spiro atoms. The SMILES string of the molecule is Cc1cc2c(NCc3ccc(C(=O)NCCCCCC(=O)O)cc3)ncnc2s1. The number of carboxylic acids is 1. The van der Waals surface area contributed by atoms with Crippen molar-refractivity contribution in [2.75, 3.05) is 11.9 Å². The Balaban J connectivity index is 1.47. The van der Waals surface area contributed by atoms with Crippen LogP contribution in [-0.2, 0) is 11.3 Å². The van der Waals surface area contributed by atoms with Gasteiger partial charge in [0.1, 0.15) is 17.0 Å². The zero-order valence-corrected chi connectivity index (χ0v) is 17.1. The summed E-state index contributed by atoms with van der Waals surface area (Å²) in [6.07, 6.45) is 3.94. The number of thiophene rings is 1. The smallest absolute Gasteiger partial charge is 0.303 e. The van der Waals surface area contributed by atoms with Crippen LogP contribution in [0.4, 0.5) is 5.82 Å². The molecule has 3 aromatic rings. The van der Waals surface area contributed by atoms with Crippen molar-refractivity contribution < 1.29 is 14.7 Å². The van der Waals surface area contributed by atoms with Crippen molar-refractivity contribution in [2.24, 2.45) is 0 Å². The molecule has 2 heterocycles. The zero-order valence-electron chi connectivity index (χ0n) is 16.3. The maximum atomic E-state index is 12.2. The second-order valence-corrected chi connectivity index (χ2v) is 8.04. The fourth-order valence-corrected chi connectivity index (χ4v) is 3.81. The number of anilines is 1. The fourth-order valence-electron chi connectivity index (χ4n) is 2.96. The second kappa shape index (κ2) is 9.97. The molecule has 3 rings (SSSR count). The van der Waals surface area contributed by atoms with Crippen molar-refractivity contribution in [3.8, 4) is 0 Å². The first kappa shape index (κ1) is 20.7. The minimum Gasteiger partial charge on any atom is -0.481 e. The van der Waals surface area contributed by atoms with Crippen LogP contribution in [0.15, 0.2) is 36.7 Å². The highest BCUT2D eigenvalue weighted by atomic mass is 32.1. The summed E-state index contributed by atoms with van der Waals surface area (Å²) < 4.78 is 0. The molecular weight excluding hydrogens is 388 g/mol. The number of unbranched alkanes of at least 4 members (excludes halogenated alkanes) is 2. The topological polar surface area (TPSA) is 104 Å². The minimum absolute atomic E-state index is 0.117. The van der Waals surface area contributed by atoms with Gasteiger partial charge in [-0.05, 0) is 43.5 Å². The lowest BCUT2D eigenvalue weighted by Crippen LogP contribution is -2.24. The molecule has 8 heteroatoms. The van der Waals surface area contributed by atoms with E-state index in [-0.39, 0.29) is 12.3 Å². The van der Waals surface area contributed by atoms with Crippen LogP contribution in [0.2, 0.25) is 0 Å². The molecule has 1 aromatic carbocycles. The number of hydrogen-bond acceptors (Lipinski definition) is 6. The van der Waals surface area contributed by atoms with Gasteiger partial charge < -0.3 is 15.7 Å². The molecule has 29 heavy (non-hydrogen) atoms. The average Bonchev–Trinajstić information content (AvgIpc) is 3.09. The van der Waals surface area contributed by atoms with Crippen molar-refractivity contribution in [1.82, 2.24) is 15.3 Å². The number of benzene rings is 1. The molecule has 152 valence electrons. The highest BCUT2D eigenvalue weighted by Crippen LogP contribution is 2.27. The average molecular weight is 413 g/mol. The number of aryl methyl sites for hydroxylation is 1. The summed E-state index contributed by atoms with van der Waals surface area (Å²) in [4.78, 5) is 33.4. The van der Waals surface area contributed by atoms with Crippen molar-refractivity contribution in [2.45, 2.75) is 39.2 Å². The molecule has 0 fully saturated rings. The van der Waals surface area contributed by atoms with Gasteiger partial charge in [-0.15, -0.1) is 11.3 Å². The van der Waals surface area contributed by atoms with Crippen LogP contribution in [-0.4, -0.2) is 33.5 Å². The van der Waals surface area contributed by atoms with Gasteiger partial charge >= 0.3 is 5.97 Å². The first-order valence-corrected chi connectivity index (χ1v) is 10.4. The number of rotatable bonds is 10. The standard InChI is InChI=1S/C21H24N4O3S/c1-14-11-17-19(24-13-25-21(17)29-14)23-12-15-6-8-16(9-7-15)20(28)22-10-4-2-3-5-18(26)27/h6-9,11,13H,2-5,10,12H2,1H3,(H,22,28)(H,26,27)(H,23,24,25). The Labute approximate surface area is 173 Å². The maximum Gasteiger partial charge on any atom is 0.303 e. The maximum absolute atomic E-state index is 12.2. The molecule has 0 atom stereocenters. The number of fused-ring (bicyclic) bond motifs is 1. The normalized spacial score (nSPS) is 10.8. The van der Waals surface area contributed by atoms with Crippen molar-refractivity contribution in [1.29, 1.82) is 0 Å². The Morgan fingerprint density at radius 1 is 1.10 bits per heavy atom. The predicted octanol–water partition coefficient (Wildman–Crippen LogP) is 3.99. The van der Waals surface area contributed by atoms with E-state index in [0.29, 0.717) is 25.1 Å². The third-order valence-electron chi connectivity index (χ3n) is 4.48. The Kier molecular flexibility index (Phi) is 7.13. The van der Waals surface area contributed by atoms with Gasteiger partial charge in [0.25, 0.3) is 5.91 Å². The van der Waals surface area contributed by atoms with Gasteiger partial charge in [0.05, 0.1) is 5.39 Å². The van der Waals surface area contributed by atoms with Crippen LogP contribution in [0.25, 0.3) is 10.2 Å². The third-order valence-corrected chi connectivity index (χ3v) is 5.44. The quantitative estimate of drug-likeness (QED) is 0.435. The van der Waals surface area contributed by atoms with E-state index in [1.165, 1.54) is 4.88 Å². The number of nitrogens with one attached hydrogen (secondary N) is 2. The van der Waals surface area contributed by atoms with Crippen LogP contribution in [0.1, 0.15) is 46.5 Å². The Hall–Kier alpha value is -3.00. The molecule has 2 aromatic heterocycles. The number of carboxylic acid groups (broad SMARTS) is 1. The number of aliphatic carboxylic acids is 1. The van der Waals surface area contributed by atoms with E-state index in [1.54, 1.807) is 29.8 Å². The summed E-state index contributed by atoms with van der Waals surface area (Å²) in [5.74, 6) is -0.0868. The summed E-state index contributed by atoms with van der Waals surface area (Å²) in [6, 6.07) is 9.54. The summed E-state index contributed by atoms with van der Waals surface area (Å²) in [5, 5.41) is 15.8. The van der Waals surface area contributed by atoms with Crippen LogP contribution >= 0.6 is 11.3 Å². The zero-order chi connectivity index (χ0) is 20.6. The van der Waals surface area contributed by atoms with Crippen LogP contribution in [0, 0.1) is 6.92 Å². The second-order valence-electron chi connectivity index (χ2n) is 6.81. The Bertz CT molecular complexity index is 985. The highest BCUT2D eigenvalue weighted by Gasteiger charge is 2.08. The summed E-state index contributed by atoms with van der Waals surface area (Å²) in [6.45, 7) is 3.20. The van der Waals surface area contributed by atoms with Gasteiger partial charge in [-0.2, -0.15) is 0 Å². The van der Waals surface area contributed by atoms with Crippen molar-refractivity contribution >= 4 is 39.2 Å². The number of nitrogens with zero attached hydrogens (tertiary/aromatic N) is 2. The molecule has 0 unspecified atom stereocenters. The van der Waals surface area contributed by atoms with E-state index in [9.17, 15) is 9.59 Å². The molecule has 0 saturated carbocycles. The van der Waals surface area contributed by atoms with Gasteiger partial charge in [0.15, 0.2) is 0 Å². The molecule has 0 aliphatic heterocycles. The number of hydrogen-bond donors (Lipinski definition) is 3. The summed E-state index contributed by atoms with van der Waals surface area (Å²) >= 11 is 1.64. The van der Waals surface area contributed by atoms with E-state index >= 15 is 0 Å². The lowest BCUT2D eigenvalue weighted by molar-refractivity contribution is -0.137. The van der Waals surface area contributed by atoms with Crippen LogP contribution < -0.4 is 10.6 Å². The largest absolute Gasteiger partial charge is 0.481 e. The predicted molar refractivity (Wildman–Crippen MR) is 114 cm³/mol. The van der Waals surface area contributed by atoms with Crippen LogP contribution in [0.3, 0.4) is 0 Å². The first-order valence-electron chi connectivity index (χ1n) is 9.57. The summed E-state index contributed by atoms with van der Waals surface area (Å²) in [7, 11) is 0. The van der Waals surface area contributed by atoms with Crippen molar-refractivity contribution in [3.05, 3.63) is 52.7 Å². The number of carbonyl (C=O) groups is 2. The third kappa shape index (κ3) is 5.99. The molecule has 0 bridgehead atoms. The lowest BCUT2D eigenvalue weighted by atomic mass is 10.1. The van der Waals surface area contributed by atoms with Gasteiger partial charge in [0.2, 0.25) is 0 Å². The molecule has 0 aliphatic rings. The first-order chi connectivity index (χ1) is 14.0. The number of amides is 1. The minimum atomic E-state index is -0.779. The molecule has 1 amide bonds. The fraction of sp³-hybridized carbons (Fsp3) is 0.333. The Morgan fingerprint density at radius 2 is 1.90 bits per heavy atom. The number of carbonyl (C=O) groups excluding carboxylic acids is 1. The van der Waals surface area contributed by atoms with E-state index in [4.69, 9.17) is 5.11 Å². The van der Waals surface area contributed by atoms with Gasteiger partial charge in [-0.25, -0.2) is 9.97 Å². The molecule has 7 nitrogen and oxygen atoms in total. The monoisotopic (exact) mass is 412 g/mol. The van der Waals surface area contributed by atoms with E-state index in [2.05, 4.69) is 33.6 Å². The van der Waals surface area contributed by atoms with Crippen LogP contribution in [0.5, 0.6) is 0 Å². The highest BCUT2D eigenvalue weighted by molar-refractivity contribution is 7.18. The van der Waals surface area contributed by atoms with E-state index in [1.807, 2.05) is 12.1 Å². The summed E-state index contributed by atoms with van der Waals surface area (Å²) in [5.41, 5.74) is 1.66. The van der Waals surface area contributed by atoms with Gasteiger partial charge in [0, 0.05) is 30.0 Å². The molecular formula is C21H24N4O3S. The van der Waals surface area contributed by atoms with E-state index < -0.39 is 5.97 Å². The van der Waals surface area contributed by atoms with Crippen molar-refractivity contribution in [3.63, 3.8) is 0 Å². The Morgan fingerprint density at radius 3 is 2.66 bits per heavy atom. The van der Waals surface area contributed by atoms with Gasteiger partial charge in [-0.1, -0.05) is 18.6 Å². The van der Waals surface area contributed by atoms with E-state index in [0.717, 1.165) is 34.4 Å². The lowest BCUT2D eigenvalue weighted by Gasteiger charge is -2.08. The number of aromatic nitrogens is 2. The molecule has 0 saturated heterocycles. The molecule has 0 radical (unpaired) electrons. The molecule has 0 aliphatic carbocycles. The molecule has 3 N–H and O–H groups in total.